The summed E-state index contributed by atoms with van der Waals surface area (Å²) in [7, 11) is 0. The van der Waals surface area contributed by atoms with Gasteiger partial charge in [0.1, 0.15) is 0 Å². The first-order chi connectivity index (χ1) is 14.7. The van der Waals surface area contributed by atoms with Crippen LogP contribution in [0.4, 0.5) is 4.39 Å². The van der Waals surface area contributed by atoms with Gasteiger partial charge in [0.15, 0.2) is 16.7 Å². The number of halogens is 1. The highest BCUT2D eigenvalue weighted by atomic mass is 32.2. The van der Waals surface area contributed by atoms with Crippen LogP contribution in [0.1, 0.15) is 5.56 Å². The van der Waals surface area contributed by atoms with E-state index in [1.54, 1.807) is 60.7 Å². The predicted molar refractivity (Wildman–Crippen MR) is 115 cm³/mol. The Labute approximate surface area is 176 Å². The van der Waals surface area contributed by atoms with Gasteiger partial charge in [0, 0.05) is 5.75 Å². The molecule has 0 N–H and O–H groups in total. The Hall–Kier alpha value is -3.63. The monoisotopic (exact) mass is 417 g/mol. The number of rotatable bonds is 6. The fourth-order valence-electron chi connectivity index (χ4n) is 2.97. The van der Waals surface area contributed by atoms with E-state index in [1.807, 2.05) is 6.07 Å². The molecule has 7 heteroatoms. The van der Waals surface area contributed by atoms with Gasteiger partial charge in [-0.25, -0.2) is 9.37 Å². The topological polar surface area (TPSA) is 67.9 Å². The molecule has 3 aromatic carbocycles. The van der Waals surface area contributed by atoms with E-state index >= 15 is 0 Å². The van der Waals surface area contributed by atoms with Crippen molar-refractivity contribution in [3.8, 4) is 17.5 Å². The average Bonchev–Trinajstić information content (AvgIpc) is 2.78. The van der Waals surface area contributed by atoms with Crippen LogP contribution in [0.2, 0.25) is 0 Å². The number of nitriles is 1. The third-order valence-corrected chi connectivity index (χ3v) is 5.31. The highest BCUT2D eigenvalue weighted by Gasteiger charge is 2.13. The van der Waals surface area contributed by atoms with Crippen molar-refractivity contribution < 1.29 is 9.13 Å². The molecule has 1 heterocycles. The van der Waals surface area contributed by atoms with Gasteiger partial charge in [-0.15, -0.1) is 0 Å². The van der Waals surface area contributed by atoms with Crippen molar-refractivity contribution in [2.45, 2.75) is 5.16 Å². The van der Waals surface area contributed by atoms with E-state index in [1.165, 1.54) is 22.4 Å². The normalized spacial score (nSPS) is 10.7. The van der Waals surface area contributed by atoms with E-state index < -0.39 is 5.82 Å². The number of thioether (sulfide) groups is 1. The van der Waals surface area contributed by atoms with Gasteiger partial charge in [-0.1, -0.05) is 36.0 Å². The van der Waals surface area contributed by atoms with Gasteiger partial charge in [-0.05, 0) is 48.5 Å². The van der Waals surface area contributed by atoms with E-state index in [9.17, 15) is 9.18 Å². The quantitative estimate of drug-likeness (QED) is 0.261. The first-order valence-electron chi connectivity index (χ1n) is 9.20. The van der Waals surface area contributed by atoms with Crippen LogP contribution in [0.15, 0.2) is 82.7 Å². The molecular formula is C23H16FN3O2S. The zero-order valence-corrected chi connectivity index (χ0v) is 16.6. The Kier molecular flexibility index (Phi) is 5.77. The lowest BCUT2D eigenvalue weighted by atomic mass is 10.2. The molecule has 0 spiro atoms. The van der Waals surface area contributed by atoms with Crippen LogP contribution < -0.4 is 10.3 Å². The molecule has 0 unspecified atom stereocenters. The fraction of sp³-hybridized carbons (Fsp3) is 0.0870. The van der Waals surface area contributed by atoms with E-state index in [0.29, 0.717) is 33.1 Å². The minimum atomic E-state index is -0.416. The summed E-state index contributed by atoms with van der Waals surface area (Å²) in [5.41, 5.74) is 1.54. The molecule has 0 atom stereocenters. The van der Waals surface area contributed by atoms with Crippen LogP contribution in [0.25, 0.3) is 16.6 Å². The van der Waals surface area contributed by atoms with Crippen molar-refractivity contribution >= 4 is 22.7 Å². The maximum atomic E-state index is 13.7. The van der Waals surface area contributed by atoms with Gasteiger partial charge in [0.2, 0.25) is 0 Å². The summed E-state index contributed by atoms with van der Waals surface area (Å²) >= 11 is 1.35. The van der Waals surface area contributed by atoms with Gasteiger partial charge >= 0.3 is 0 Å². The SMILES string of the molecule is N#Cc1ccc(-n2c(SCCOc3ccccc3F)nc3ccccc3c2=O)cc1. The minimum Gasteiger partial charge on any atom is -0.490 e. The summed E-state index contributed by atoms with van der Waals surface area (Å²) in [5, 5.41) is 10.0. The molecule has 0 saturated heterocycles. The third kappa shape index (κ3) is 4.04. The first-order valence-corrected chi connectivity index (χ1v) is 10.2. The van der Waals surface area contributed by atoms with Gasteiger partial charge in [0.25, 0.3) is 5.56 Å². The molecule has 0 radical (unpaired) electrons. The molecule has 0 aliphatic heterocycles. The molecule has 4 rings (SSSR count). The third-order valence-electron chi connectivity index (χ3n) is 4.41. The second kappa shape index (κ2) is 8.80. The molecule has 1 aromatic heterocycles. The van der Waals surface area contributed by atoms with Gasteiger partial charge in [0.05, 0.1) is 34.8 Å². The van der Waals surface area contributed by atoms with E-state index in [-0.39, 0.29) is 17.9 Å². The van der Waals surface area contributed by atoms with Crippen LogP contribution in [-0.2, 0) is 0 Å². The molecule has 30 heavy (non-hydrogen) atoms. The average molecular weight is 417 g/mol. The van der Waals surface area contributed by atoms with Crippen molar-refractivity contribution in [1.29, 1.82) is 5.26 Å². The summed E-state index contributed by atoms with van der Waals surface area (Å²) in [6.45, 7) is 0.252. The maximum absolute atomic E-state index is 13.7. The second-order valence-corrected chi connectivity index (χ2v) is 7.40. The van der Waals surface area contributed by atoms with E-state index in [2.05, 4.69) is 11.1 Å². The molecule has 0 bridgehead atoms. The number of hydrogen-bond donors (Lipinski definition) is 0. The van der Waals surface area contributed by atoms with Crippen molar-refractivity contribution in [2.75, 3.05) is 12.4 Å². The summed E-state index contributed by atoms with van der Waals surface area (Å²) in [5.74, 6) is 0.241. The number of para-hydroxylation sites is 2. The van der Waals surface area contributed by atoms with E-state index in [0.717, 1.165) is 0 Å². The molecule has 0 aliphatic carbocycles. The lowest BCUT2D eigenvalue weighted by Crippen LogP contribution is -2.22. The predicted octanol–water partition coefficient (Wildman–Crippen LogP) is 4.57. The Morgan fingerprint density at radius 3 is 2.53 bits per heavy atom. The zero-order chi connectivity index (χ0) is 20.9. The molecule has 0 aliphatic rings. The Bertz CT molecular complexity index is 1300. The summed E-state index contributed by atoms with van der Waals surface area (Å²) in [6, 6.07) is 22.2. The Morgan fingerprint density at radius 1 is 1.03 bits per heavy atom. The molecule has 0 amide bonds. The number of fused-ring (bicyclic) bond motifs is 1. The first kappa shape index (κ1) is 19.7. The van der Waals surface area contributed by atoms with Crippen molar-refractivity contribution in [3.05, 3.63) is 94.5 Å². The lowest BCUT2D eigenvalue weighted by Gasteiger charge is -2.13. The molecule has 4 aromatic rings. The molecule has 0 fully saturated rings. The van der Waals surface area contributed by atoms with Crippen LogP contribution in [0.5, 0.6) is 5.75 Å². The second-order valence-electron chi connectivity index (χ2n) is 6.34. The molecular weight excluding hydrogens is 401 g/mol. The maximum Gasteiger partial charge on any atom is 0.266 e. The number of benzene rings is 3. The van der Waals surface area contributed by atoms with Crippen LogP contribution in [-0.4, -0.2) is 21.9 Å². The largest absolute Gasteiger partial charge is 0.490 e. The van der Waals surface area contributed by atoms with Gasteiger partial charge in [-0.3, -0.25) is 9.36 Å². The lowest BCUT2D eigenvalue weighted by molar-refractivity contribution is 0.325. The number of ether oxygens (including phenoxy) is 1. The molecule has 5 nitrogen and oxygen atoms in total. The summed E-state index contributed by atoms with van der Waals surface area (Å²) in [4.78, 5) is 17.8. The van der Waals surface area contributed by atoms with Gasteiger partial charge < -0.3 is 4.74 Å². The highest BCUT2D eigenvalue weighted by Crippen LogP contribution is 2.22. The molecule has 148 valence electrons. The summed E-state index contributed by atoms with van der Waals surface area (Å²) in [6.07, 6.45) is 0. The van der Waals surface area contributed by atoms with E-state index in [4.69, 9.17) is 10.00 Å². The van der Waals surface area contributed by atoms with Gasteiger partial charge in [-0.2, -0.15) is 5.26 Å². The van der Waals surface area contributed by atoms with Crippen molar-refractivity contribution in [3.63, 3.8) is 0 Å². The summed E-state index contributed by atoms with van der Waals surface area (Å²) < 4.78 is 20.7. The van der Waals surface area contributed by atoms with Crippen LogP contribution >= 0.6 is 11.8 Å². The van der Waals surface area contributed by atoms with Crippen LogP contribution in [0.3, 0.4) is 0 Å². The number of hydrogen-bond acceptors (Lipinski definition) is 5. The standard InChI is InChI=1S/C23H16FN3O2S/c24-19-6-2-4-8-21(19)29-13-14-30-23-26-20-7-3-1-5-18(20)22(28)27(23)17-11-9-16(15-25)10-12-17/h1-12H,13-14H2. The Morgan fingerprint density at radius 2 is 1.77 bits per heavy atom. The molecule has 0 saturated carbocycles. The minimum absolute atomic E-state index is 0.189. The number of nitrogens with zero attached hydrogens (tertiary/aromatic N) is 3. The number of aromatic nitrogens is 2. The smallest absolute Gasteiger partial charge is 0.266 e. The highest BCUT2D eigenvalue weighted by molar-refractivity contribution is 7.99. The fourth-order valence-corrected chi connectivity index (χ4v) is 3.80. The van der Waals surface area contributed by atoms with Crippen LogP contribution in [0, 0.1) is 17.1 Å². The Balaban J connectivity index is 1.64. The van der Waals surface area contributed by atoms with Crippen molar-refractivity contribution in [2.24, 2.45) is 0 Å². The van der Waals surface area contributed by atoms with Crippen molar-refractivity contribution in [1.82, 2.24) is 9.55 Å². The zero-order valence-electron chi connectivity index (χ0n) is 15.8.